The van der Waals surface area contributed by atoms with Crippen LogP contribution in [-0.4, -0.2) is 24.5 Å². The van der Waals surface area contributed by atoms with Crippen LogP contribution in [0.25, 0.3) is 10.6 Å². The molecular weight excluding hydrogens is 372 g/mol. The number of rotatable bonds is 8. The molecule has 0 aliphatic rings. The zero-order chi connectivity index (χ0) is 19.9. The molecule has 1 heterocycles. The van der Waals surface area contributed by atoms with Crippen LogP contribution in [-0.2, 0) is 6.61 Å². The molecule has 5 nitrogen and oxygen atoms in total. The van der Waals surface area contributed by atoms with Crippen LogP contribution in [0.5, 0.6) is 11.5 Å². The molecule has 0 aliphatic heterocycles. The van der Waals surface area contributed by atoms with E-state index in [0.29, 0.717) is 24.8 Å². The lowest BCUT2D eigenvalue weighted by molar-refractivity contribution is 0.0945. The normalized spacial score (nSPS) is 10.7. The maximum atomic E-state index is 12.1. The van der Waals surface area contributed by atoms with Gasteiger partial charge in [-0.15, -0.1) is 11.3 Å². The van der Waals surface area contributed by atoms with Crippen molar-refractivity contribution in [2.45, 2.75) is 20.5 Å². The Bertz CT molecular complexity index is 920. The first-order chi connectivity index (χ1) is 13.5. The Labute approximate surface area is 169 Å². The summed E-state index contributed by atoms with van der Waals surface area (Å²) >= 11 is 1.46. The summed E-state index contributed by atoms with van der Waals surface area (Å²) in [7, 11) is 1.65. The Balaban J connectivity index is 1.60. The lowest BCUT2D eigenvalue weighted by atomic mass is 10.2. The summed E-state index contributed by atoms with van der Waals surface area (Å²) in [6, 6.07) is 15.5. The fourth-order valence-corrected chi connectivity index (χ4v) is 3.33. The number of carbonyl (C=O) groups is 1. The van der Waals surface area contributed by atoms with Crippen LogP contribution in [0.15, 0.2) is 53.9 Å². The van der Waals surface area contributed by atoms with Gasteiger partial charge >= 0.3 is 0 Å². The van der Waals surface area contributed by atoms with Gasteiger partial charge in [0.2, 0.25) is 0 Å². The van der Waals surface area contributed by atoms with E-state index < -0.39 is 0 Å². The first-order valence-corrected chi connectivity index (χ1v) is 10.0. The predicted molar refractivity (Wildman–Crippen MR) is 112 cm³/mol. The summed E-state index contributed by atoms with van der Waals surface area (Å²) in [5.41, 5.74) is 2.46. The van der Waals surface area contributed by atoms with Crippen molar-refractivity contribution in [1.82, 2.24) is 10.3 Å². The Morgan fingerprint density at radius 3 is 2.64 bits per heavy atom. The molecule has 0 fully saturated rings. The molecule has 3 rings (SSSR count). The Kier molecular flexibility index (Phi) is 6.66. The number of hydrogen-bond donors (Lipinski definition) is 1. The number of amides is 1. The van der Waals surface area contributed by atoms with E-state index in [1.165, 1.54) is 11.3 Å². The van der Waals surface area contributed by atoms with Gasteiger partial charge in [-0.3, -0.25) is 4.79 Å². The molecule has 1 aromatic heterocycles. The highest BCUT2D eigenvalue weighted by atomic mass is 32.1. The highest BCUT2D eigenvalue weighted by Crippen LogP contribution is 2.26. The van der Waals surface area contributed by atoms with Crippen LogP contribution in [0.4, 0.5) is 0 Å². The van der Waals surface area contributed by atoms with Gasteiger partial charge in [-0.1, -0.05) is 26.0 Å². The first kappa shape index (κ1) is 19.9. The average molecular weight is 397 g/mol. The van der Waals surface area contributed by atoms with Crippen molar-refractivity contribution in [3.8, 4) is 22.1 Å². The van der Waals surface area contributed by atoms with Gasteiger partial charge in [0.25, 0.3) is 5.91 Å². The summed E-state index contributed by atoms with van der Waals surface area (Å²) in [5, 5.41) is 5.49. The van der Waals surface area contributed by atoms with Crippen LogP contribution in [0.1, 0.15) is 29.9 Å². The summed E-state index contributed by atoms with van der Waals surface area (Å²) in [6.07, 6.45) is 0. The molecule has 146 valence electrons. The summed E-state index contributed by atoms with van der Waals surface area (Å²) in [4.78, 5) is 16.6. The maximum absolute atomic E-state index is 12.1. The number of thiazole rings is 1. The van der Waals surface area contributed by atoms with Crippen molar-refractivity contribution < 1.29 is 14.3 Å². The van der Waals surface area contributed by atoms with Crippen molar-refractivity contribution in [3.63, 3.8) is 0 Å². The minimum Gasteiger partial charge on any atom is -0.497 e. The predicted octanol–water partition coefficient (Wildman–Crippen LogP) is 4.78. The van der Waals surface area contributed by atoms with Crippen LogP contribution in [0.2, 0.25) is 0 Å². The minimum absolute atomic E-state index is 0.130. The molecule has 0 radical (unpaired) electrons. The molecular formula is C22H24N2O3S. The largest absolute Gasteiger partial charge is 0.497 e. The number of carbonyl (C=O) groups excluding carboxylic acids is 1. The second kappa shape index (κ2) is 9.37. The van der Waals surface area contributed by atoms with Crippen LogP contribution >= 0.6 is 11.3 Å². The Hall–Kier alpha value is -2.86. The summed E-state index contributed by atoms with van der Waals surface area (Å²) in [6.45, 7) is 5.23. The highest BCUT2D eigenvalue weighted by Gasteiger charge is 2.12. The van der Waals surface area contributed by atoms with Gasteiger partial charge in [-0.2, -0.15) is 0 Å². The van der Waals surface area contributed by atoms with Crippen molar-refractivity contribution >= 4 is 17.2 Å². The molecule has 0 spiro atoms. The smallest absolute Gasteiger partial charge is 0.270 e. The van der Waals surface area contributed by atoms with E-state index in [4.69, 9.17) is 9.47 Å². The molecule has 3 aromatic rings. The van der Waals surface area contributed by atoms with Gasteiger partial charge in [0.05, 0.1) is 7.11 Å². The quantitative estimate of drug-likeness (QED) is 0.595. The van der Waals surface area contributed by atoms with Gasteiger partial charge in [0.1, 0.15) is 28.8 Å². The second-order valence-corrected chi connectivity index (χ2v) is 7.66. The summed E-state index contributed by atoms with van der Waals surface area (Å²) < 4.78 is 11.1. The molecule has 0 atom stereocenters. The third-order valence-electron chi connectivity index (χ3n) is 4.05. The van der Waals surface area contributed by atoms with Gasteiger partial charge in [-0.25, -0.2) is 4.98 Å². The molecule has 0 aliphatic carbocycles. The molecule has 0 unspecified atom stereocenters. The third-order valence-corrected chi connectivity index (χ3v) is 4.94. The summed E-state index contributed by atoms with van der Waals surface area (Å²) in [5.74, 6) is 1.87. The highest BCUT2D eigenvalue weighted by molar-refractivity contribution is 7.13. The van der Waals surface area contributed by atoms with E-state index >= 15 is 0 Å². The van der Waals surface area contributed by atoms with E-state index in [1.807, 2.05) is 48.5 Å². The van der Waals surface area contributed by atoms with Crippen molar-refractivity contribution in [2.75, 3.05) is 13.7 Å². The maximum Gasteiger partial charge on any atom is 0.270 e. The number of benzene rings is 2. The van der Waals surface area contributed by atoms with E-state index in [9.17, 15) is 4.79 Å². The lowest BCUT2D eigenvalue weighted by Gasteiger charge is -2.08. The Morgan fingerprint density at radius 1 is 1.14 bits per heavy atom. The zero-order valence-corrected chi connectivity index (χ0v) is 17.1. The second-order valence-electron chi connectivity index (χ2n) is 6.81. The lowest BCUT2D eigenvalue weighted by Crippen LogP contribution is -2.27. The van der Waals surface area contributed by atoms with E-state index in [1.54, 1.807) is 12.5 Å². The molecule has 6 heteroatoms. The number of methoxy groups -OCH3 is 1. The van der Waals surface area contributed by atoms with E-state index in [0.717, 1.165) is 27.6 Å². The number of nitrogens with zero attached hydrogens (tertiary/aromatic N) is 1. The number of ether oxygens (including phenoxy) is 2. The molecule has 0 saturated heterocycles. The molecule has 0 bridgehead atoms. The van der Waals surface area contributed by atoms with E-state index in [2.05, 4.69) is 24.1 Å². The molecule has 2 aromatic carbocycles. The van der Waals surface area contributed by atoms with Gasteiger partial charge in [-0.05, 0) is 47.9 Å². The van der Waals surface area contributed by atoms with Crippen LogP contribution in [0.3, 0.4) is 0 Å². The average Bonchev–Trinajstić information content (AvgIpc) is 3.21. The number of hydrogen-bond acceptors (Lipinski definition) is 5. The zero-order valence-electron chi connectivity index (χ0n) is 16.3. The van der Waals surface area contributed by atoms with Crippen molar-refractivity contribution in [3.05, 3.63) is 65.2 Å². The molecule has 28 heavy (non-hydrogen) atoms. The van der Waals surface area contributed by atoms with Crippen molar-refractivity contribution in [2.24, 2.45) is 5.92 Å². The van der Waals surface area contributed by atoms with Gasteiger partial charge in [0, 0.05) is 17.5 Å². The monoisotopic (exact) mass is 396 g/mol. The van der Waals surface area contributed by atoms with Crippen LogP contribution in [0, 0.1) is 5.92 Å². The Morgan fingerprint density at radius 2 is 1.93 bits per heavy atom. The topological polar surface area (TPSA) is 60.5 Å². The standard InChI is InChI=1S/C22H24N2O3S/c1-15(2)12-23-21(25)20-14-28-22(24-20)17-7-9-18(10-8-17)27-13-16-5-4-6-19(11-16)26-3/h4-11,14-15H,12-13H2,1-3H3,(H,23,25). The fourth-order valence-electron chi connectivity index (χ4n) is 2.52. The number of nitrogens with one attached hydrogen (secondary N) is 1. The van der Waals surface area contributed by atoms with Crippen molar-refractivity contribution in [1.29, 1.82) is 0 Å². The number of aromatic nitrogens is 1. The first-order valence-electron chi connectivity index (χ1n) is 9.15. The van der Waals surface area contributed by atoms with Crippen LogP contribution < -0.4 is 14.8 Å². The molecule has 1 amide bonds. The molecule has 0 saturated carbocycles. The SMILES string of the molecule is COc1cccc(COc2ccc(-c3nc(C(=O)NCC(C)C)cs3)cc2)c1. The van der Waals surface area contributed by atoms with E-state index in [-0.39, 0.29) is 5.91 Å². The minimum atomic E-state index is -0.130. The third kappa shape index (κ3) is 5.33. The molecule has 1 N–H and O–H groups in total. The fraction of sp³-hybridized carbons (Fsp3) is 0.273. The van der Waals surface area contributed by atoms with Gasteiger partial charge in [0.15, 0.2) is 0 Å². The van der Waals surface area contributed by atoms with Gasteiger partial charge < -0.3 is 14.8 Å².